The van der Waals surface area contributed by atoms with Crippen LogP contribution in [0.3, 0.4) is 0 Å². The van der Waals surface area contributed by atoms with E-state index in [0.717, 1.165) is 15.3 Å². The molecule has 0 saturated carbocycles. The molecule has 0 spiro atoms. The van der Waals surface area contributed by atoms with Crippen molar-refractivity contribution < 1.29 is 0 Å². The minimum Gasteiger partial charge on any atom is -0.128 e. The fourth-order valence-electron chi connectivity index (χ4n) is 1.37. The molecule has 0 aliphatic rings. The highest BCUT2D eigenvalue weighted by Crippen LogP contribution is 2.32. The normalized spacial score (nSPS) is 10.6. The van der Waals surface area contributed by atoms with Crippen LogP contribution in [0.5, 0.6) is 0 Å². The van der Waals surface area contributed by atoms with Gasteiger partial charge in [0.15, 0.2) is 0 Å². The first-order valence-electron chi connectivity index (χ1n) is 4.04. The molecule has 2 aromatic rings. The second-order valence-corrected chi connectivity index (χ2v) is 4.03. The van der Waals surface area contributed by atoms with Crippen molar-refractivity contribution in [3.63, 3.8) is 0 Å². The second-order valence-electron chi connectivity index (χ2n) is 2.80. The van der Waals surface area contributed by atoms with Crippen molar-refractivity contribution in [1.29, 1.82) is 0 Å². The Hall–Kier alpha value is -0.660. The van der Waals surface area contributed by atoms with Gasteiger partial charge in [-0.25, -0.2) is 0 Å². The molecular formula is C11H9ClS. The maximum absolute atomic E-state index is 6.22. The Morgan fingerprint density at radius 2 is 1.85 bits per heavy atom. The monoisotopic (exact) mass is 208 g/mol. The molecule has 13 heavy (non-hydrogen) atoms. The molecule has 0 heterocycles. The average Bonchev–Trinajstić information content (AvgIpc) is 2.19. The molecule has 2 aromatic carbocycles. The van der Waals surface area contributed by atoms with Crippen molar-refractivity contribution in [2.24, 2.45) is 0 Å². The molecule has 0 saturated heterocycles. The van der Waals surface area contributed by atoms with Crippen LogP contribution in [-0.2, 0) is 0 Å². The molecule has 2 heteroatoms. The summed E-state index contributed by atoms with van der Waals surface area (Å²) >= 11 is 7.90. The Morgan fingerprint density at radius 1 is 1.08 bits per heavy atom. The molecule has 0 radical (unpaired) electrons. The minimum absolute atomic E-state index is 0.866. The summed E-state index contributed by atoms with van der Waals surface area (Å²) in [5.41, 5.74) is 0. The topological polar surface area (TPSA) is 0 Å². The van der Waals surface area contributed by atoms with Crippen molar-refractivity contribution in [2.75, 3.05) is 6.26 Å². The van der Waals surface area contributed by atoms with E-state index in [2.05, 4.69) is 24.3 Å². The quantitative estimate of drug-likeness (QED) is 0.633. The Bertz CT molecular complexity index is 437. The van der Waals surface area contributed by atoms with Crippen molar-refractivity contribution in [1.82, 2.24) is 0 Å². The van der Waals surface area contributed by atoms with E-state index >= 15 is 0 Å². The largest absolute Gasteiger partial charge is 0.128 e. The third-order valence-electron chi connectivity index (χ3n) is 2.05. The number of rotatable bonds is 1. The molecule has 0 nitrogen and oxygen atoms in total. The number of thioether (sulfide) groups is 1. The van der Waals surface area contributed by atoms with Crippen molar-refractivity contribution in [2.45, 2.75) is 4.90 Å². The van der Waals surface area contributed by atoms with E-state index < -0.39 is 0 Å². The molecule has 0 aliphatic carbocycles. The summed E-state index contributed by atoms with van der Waals surface area (Å²) in [7, 11) is 0. The Balaban J connectivity index is 2.79. The molecule has 0 aromatic heterocycles. The standard InChI is InChI=1S/C11H9ClS/c1-13-10-7-6-8-4-2-3-5-9(8)11(10)12/h2-7H,1H3. The van der Waals surface area contributed by atoms with Gasteiger partial charge in [-0.2, -0.15) is 0 Å². The minimum atomic E-state index is 0.866. The van der Waals surface area contributed by atoms with Crippen LogP contribution in [0.4, 0.5) is 0 Å². The first kappa shape index (κ1) is 8.92. The van der Waals surface area contributed by atoms with Gasteiger partial charge in [-0.15, -0.1) is 11.8 Å². The van der Waals surface area contributed by atoms with Crippen LogP contribution in [0.15, 0.2) is 41.3 Å². The maximum Gasteiger partial charge on any atom is 0.0620 e. The van der Waals surface area contributed by atoms with Gasteiger partial charge in [-0.3, -0.25) is 0 Å². The third-order valence-corrected chi connectivity index (χ3v) is 3.35. The van der Waals surface area contributed by atoms with Crippen molar-refractivity contribution in [3.8, 4) is 0 Å². The molecule has 0 aliphatic heterocycles. The van der Waals surface area contributed by atoms with E-state index in [1.165, 1.54) is 5.39 Å². The Labute approximate surface area is 86.9 Å². The molecule has 0 amide bonds. The van der Waals surface area contributed by atoms with Gasteiger partial charge in [0, 0.05) is 10.3 Å². The average molecular weight is 209 g/mol. The van der Waals surface area contributed by atoms with E-state index in [1.807, 2.05) is 18.4 Å². The van der Waals surface area contributed by atoms with Gasteiger partial charge in [0.25, 0.3) is 0 Å². The molecule has 2 rings (SSSR count). The summed E-state index contributed by atoms with van der Waals surface area (Å²) in [4.78, 5) is 1.14. The fourth-order valence-corrected chi connectivity index (χ4v) is 2.33. The summed E-state index contributed by atoms with van der Waals surface area (Å²) < 4.78 is 0. The lowest BCUT2D eigenvalue weighted by Crippen LogP contribution is -1.77. The van der Waals surface area contributed by atoms with E-state index in [4.69, 9.17) is 11.6 Å². The Kier molecular flexibility index (Phi) is 2.47. The maximum atomic E-state index is 6.22. The highest BCUT2D eigenvalue weighted by atomic mass is 35.5. The second kappa shape index (κ2) is 3.60. The lowest BCUT2D eigenvalue weighted by Gasteiger charge is -2.04. The van der Waals surface area contributed by atoms with Crippen LogP contribution >= 0.6 is 23.4 Å². The number of fused-ring (bicyclic) bond motifs is 1. The third kappa shape index (κ3) is 1.54. The van der Waals surface area contributed by atoms with Gasteiger partial charge in [-0.1, -0.05) is 41.9 Å². The summed E-state index contributed by atoms with van der Waals surface area (Å²) in [6, 6.07) is 12.3. The predicted molar refractivity (Wildman–Crippen MR) is 60.7 cm³/mol. The first-order chi connectivity index (χ1) is 6.33. The summed E-state index contributed by atoms with van der Waals surface area (Å²) in [6.45, 7) is 0. The van der Waals surface area contributed by atoms with Crippen LogP contribution in [-0.4, -0.2) is 6.26 Å². The van der Waals surface area contributed by atoms with Gasteiger partial charge >= 0.3 is 0 Å². The van der Waals surface area contributed by atoms with Crippen LogP contribution in [0, 0.1) is 0 Å². The van der Waals surface area contributed by atoms with Gasteiger partial charge in [0.2, 0.25) is 0 Å². The van der Waals surface area contributed by atoms with Gasteiger partial charge in [0.05, 0.1) is 5.02 Å². The lowest BCUT2D eigenvalue weighted by atomic mass is 10.1. The molecule has 66 valence electrons. The Morgan fingerprint density at radius 3 is 2.62 bits per heavy atom. The summed E-state index contributed by atoms with van der Waals surface area (Å²) in [5, 5.41) is 3.20. The van der Waals surface area contributed by atoms with Crippen LogP contribution in [0.2, 0.25) is 5.02 Å². The SMILES string of the molecule is CSc1ccc2ccccc2c1Cl. The van der Waals surface area contributed by atoms with Crippen LogP contribution in [0.1, 0.15) is 0 Å². The molecule has 0 unspecified atom stereocenters. The lowest BCUT2D eigenvalue weighted by molar-refractivity contribution is 1.51. The summed E-state index contributed by atoms with van der Waals surface area (Å²) in [5.74, 6) is 0. The molecule has 0 bridgehead atoms. The van der Waals surface area contributed by atoms with E-state index in [1.54, 1.807) is 11.8 Å². The zero-order chi connectivity index (χ0) is 9.26. The van der Waals surface area contributed by atoms with Gasteiger partial charge in [-0.05, 0) is 17.7 Å². The molecule has 0 atom stereocenters. The smallest absolute Gasteiger partial charge is 0.0620 e. The molecule has 0 N–H and O–H groups in total. The highest BCUT2D eigenvalue weighted by molar-refractivity contribution is 7.98. The van der Waals surface area contributed by atoms with Gasteiger partial charge in [0.1, 0.15) is 0 Å². The zero-order valence-corrected chi connectivity index (χ0v) is 8.82. The number of halogens is 1. The molecule has 0 fully saturated rings. The van der Waals surface area contributed by atoms with E-state index in [9.17, 15) is 0 Å². The van der Waals surface area contributed by atoms with Crippen molar-refractivity contribution in [3.05, 3.63) is 41.4 Å². The van der Waals surface area contributed by atoms with Crippen LogP contribution < -0.4 is 0 Å². The van der Waals surface area contributed by atoms with E-state index in [-0.39, 0.29) is 0 Å². The van der Waals surface area contributed by atoms with Gasteiger partial charge < -0.3 is 0 Å². The van der Waals surface area contributed by atoms with Crippen LogP contribution in [0.25, 0.3) is 10.8 Å². The first-order valence-corrected chi connectivity index (χ1v) is 5.64. The number of hydrogen-bond donors (Lipinski definition) is 0. The number of benzene rings is 2. The highest BCUT2D eigenvalue weighted by Gasteiger charge is 2.02. The zero-order valence-electron chi connectivity index (χ0n) is 7.25. The molecular weight excluding hydrogens is 200 g/mol. The summed E-state index contributed by atoms with van der Waals surface area (Å²) in [6.07, 6.45) is 2.04. The fraction of sp³-hybridized carbons (Fsp3) is 0.0909. The van der Waals surface area contributed by atoms with Crippen molar-refractivity contribution >= 4 is 34.1 Å². The van der Waals surface area contributed by atoms with E-state index in [0.29, 0.717) is 0 Å². The number of hydrogen-bond acceptors (Lipinski definition) is 1. The predicted octanol–water partition coefficient (Wildman–Crippen LogP) is 4.22.